The highest BCUT2D eigenvalue weighted by Crippen LogP contribution is 2.23. The molecule has 1 rings (SSSR count). The van der Waals surface area contributed by atoms with Gasteiger partial charge in [-0.25, -0.2) is 0 Å². The summed E-state index contributed by atoms with van der Waals surface area (Å²) in [7, 11) is 0. The van der Waals surface area contributed by atoms with Gasteiger partial charge in [-0.15, -0.1) is 0 Å². The molecule has 1 fully saturated rings. The minimum atomic E-state index is -4.26. The molecule has 0 radical (unpaired) electrons. The molecule has 1 heterocycles. The van der Waals surface area contributed by atoms with Crippen LogP contribution >= 0.6 is 0 Å². The Labute approximate surface area is 99.4 Å². The molecule has 6 heteroatoms. The van der Waals surface area contributed by atoms with E-state index in [0.717, 1.165) is 12.8 Å². The summed E-state index contributed by atoms with van der Waals surface area (Å²) in [6.45, 7) is 3.37. The van der Waals surface area contributed by atoms with Crippen molar-refractivity contribution in [3.05, 3.63) is 0 Å². The Morgan fingerprint density at radius 3 is 2.65 bits per heavy atom. The molecule has 0 aromatic carbocycles. The topological polar surface area (TPSA) is 32.3 Å². The van der Waals surface area contributed by atoms with Crippen LogP contribution in [0.3, 0.4) is 0 Å². The smallest absolute Gasteiger partial charge is 0.338 e. The number of nitrogens with one attached hydrogen (secondary N) is 1. The molecule has 1 amide bonds. The summed E-state index contributed by atoms with van der Waals surface area (Å²) in [6, 6.07) is 0.176. The van der Waals surface area contributed by atoms with Crippen LogP contribution in [0.2, 0.25) is 0 Å². The fourth-order valence-electron chi connectivity index (χ4n) is 2.21. The van der Waals surface area contributed by atoms with Gasteiger partial charge in [-0.1, -0.05) is 13.8 Å². The average Bonchev–Trinajstić information content (AvgIpc) is 2.63. The third-order valence-corrected chi connectivity index (χ3v) is 2.99. The summed E-state index contributed by atoms with van der Waals surface area (Å²) in [5.41, 5.74) is 0. The van der Waals surface area contributed by atoms with Crippen LogP contribution in [0.4, 0.5) is 13.2 Å². The number of alkyl halides is 3. The summed E-state index contributed by atoms with van der Waals surface area (Å²) in [6.07, 6.45) is -2.38. The summed E-state index contributed by atoms with van der Waals surface area (Å²) < 4.78 is 35.7. The number of rotatable bonds is 4. The van der Waals surface area contributed by atoms with E-state index in [-0.39, 0.29) is 18.5 Å². The normalized spacial score (nSPS) is 21.3. The first kappa shape index (κ1) is 14.3. The van der Waals surface area contributed by atoms with Crippen LogP contribution in [-0.4, -0.2) is 42.7 Å². The Balaban J connectivity index is 2.37. The molecule has 3 nitrogen and oxygen atoms in total. The van der Waals surface area contributed by atoms with Gasteiger partial charge in [-0.3, -0.25) is 4.79 Å². The molecule has 1 unspecified atom stereocenters. The van der Waals surface area contributed by atoms with Gasteiger partial charge in [-0.05, 0) is 18.8 Å². The van der Waals surface area contributed by atoms with Gasteiger partial charge in [0.1, 0.15) is 0 Å². The van der Waals surface area contributed by atoms with E-state index < -0.39 is 12.7 Å². The second-order valence-electron chi connectivity index (χ2n) is 4.76. The van der Waals surface area contributed by atoms with Crippen molar-refractivity contribution in [1.82, 2.24) is 10.2 Å². The molecule has 0 aliphatic carbocycles. The van der Waals surface area contributed by atoms with Gasteiger partial charge in [0.15, 0.2) is 0 Å². The molecule has 0 saturated carbocycles. The Morgan fingerprint density at radius 1 is 1.47 bits per heavy atom. The molecule has 1 saturated heterocycles. The van der Waals surface area contributed by atoms with E-state index in [1.165, 1.54) is 0 Å². The first-order valence-electron chi connectivity index (χ1n) is 5.88. The molecule has 0 bridgehead atoms. The molecule has 17 heavy (non-hydrogen) atoms. The molecule has 0 spiro atoms. The van der Waals surface area contributed by atoms with E-state index in [0.29, 0.717) is 12.5 Å². The van der Waals surface area contributed by atoms with Gasteiger partial charge in [0.05, 0.1) is 13.1 Å². The number of carbonyl (C=O) groups is 1. The van der Waals surface area contributed by atoms with E-state index in [1.54, 1.807) is 4.90 Å². The number of halogens is 3. The molecule has 100 valence electrons. The molecule has 0 aromatic rings. The Kier molecular flexibility index (Phi) is 4.80. The Morgan fingerprint density at radius 2 is 2.12 bits per heavy atom. The van der Waals surface area contributed by atoms with E-state index in [2.05, 4.69) is 5.32 Å². The van der Waals surface area contributed by atoms with Crippen molar-refractivity contribution in [1.29, 1.82) is 0 Å². The van der Waals surface area contributed by atoms with Gasteiger partial charge in [-0.2, -0.15) is 13.2 Å². The van der Waals surface area contributed by atoms with Gasteiger partial charge in [0.2, 0.25) is 5.91 Å². The SMILES string of the molecule is CC(C)C1CCCN1C(=O)CNCC(F)(F)F. The minimum Gasteiger partial charge on any atom is -0.338 e. The zero-order valence-electron chi connectivity index (χ0n) is 10.2. The van der Waals surface area contributed by atoms with Gasteiger partial charge < -0.3 is 10.2 Å². The maximum atomic E-state index is 11.9. The number of amides is 1. The van der Waals surface area contributed by atoms with Crippen molar-refractivity contribution in [2.45, 2.75) is 38.9 Å². The summed E-state index contributed by atoms with van der Waals surface area (Å²) in [4.78, 5) is 13.4. The first-order chi connectivity index (χ1) is 7.81. The van der Waals surface area contributed by atoms with Crippen LogP contribution < -0.4 is 5.32 Å². The Bertz CT molecular complexity index is 266. The van der Waals surface area contributed by atoms with Crippen LogP contribution in [0.15, 0.2) is 0 Å². The highest BCUT2D eigenvalue weighted by Gasteiger charge is 2.31. The Hall–Kier alpha value is -0.780. The third kappa shape index (κ3) is 4.53. The van der Waals surface area contributed by atoms with Crippen molar-refractivity contribution >= 4 is 5.91 Å². The molecule has 1 aliphatic heterocycles. The molecular formula is C11H19F3N2O. The number of likely N-dealkylation sites (tertiary alicyclic amines) is 1. The number of hydrogen-bond donors (Lipinski definition) is 1. The average molecular weight is 252 g/mol. The van der Waals surface area contributed by atoms with Crippen LogP contribution in [0.5, 0.6) is 0 Å². The van der Waals surface area contributed by atoms with Crippen molar-refractivity contribution in [2.75, 3.05) is 19.6 Å². The van der Waals surface area contributed by atoms with Crippen molar-refractivity contribution in [3.8, 4) is 0 Å². The maximum absolute atomic E-state index is 11.9. The largest absolute Gasteiger partial charge is 0.401 e. The lowest BCUT2D eigenvalue weighted by atomic mass is 10.0. The van der Waals surface area contributed by atoms with Crippen LogP contribution in [0, 0.1) is 5.92 Å². The second kappa shape index (κ2) is 5.71. The predicted octanol–water partition coefficient (Wildman–Crippen LogP) is 1.79. The molecule has 1 N–H and O–H groups in total. The van der Waals surface area contributed by atoms with Gasteiger partial charge in [0.25, 0.3) is 0 Å². The molecular weight excluding hydrogens is 233 g/mol. The highest BCUT2D eigenvalue weighted by molar-refractivity contribution is 5.78. The lowest BCUT2D eigenvalue weighted by Crippen LogP contribution is -2.44. The predicted molar refractivity (Wildman–Crippen MR) is 58.5 cm³/mol. The van der Waals surface area contributed by atoms with Crippen molar-refractivity contribution in [2.24, 2.45) is 5.92 Å². The lowest BCUT2D eigenvalue weighted by molar-refractivity contribution is -0.135. The molecule has 1 atom stereocenters. The summed E-state index contributed by atoms with van der Waals surface area (Å²) >= 11 is 0. The first-order valence-corrected chi connectivity index (χ1v) is 5.88. The summed E-state index contributed by atoms with van der Waals surface area (Å²) in [5.74, 6) is 0.120. The second-order valence-corrected chi connectivity index (χ2v) is 4.76. The van der Waals surface area contributed by atoms with Gasteiger partial charge >= 0.3 is 6.18 Å². The van der Waals surface area contributed by atoms with Crippen molar-refractivity contribution < 1.29 is 18.0 Å². The highest BCUT2D eigenvalue weighted by atomic mass is 19.4. The standard InChI is InChI=1S/C11H19F3N2O/c1-8(2)9-4-3-5-16(9)10(17)6-15-7-11(12,13)14/h8-9,15H,3-7H2,1-2H3. The van der Waals surface area contributed by atoms with Crippen LogP contribution in [0.1, 0.15) is 26.7 Å². The van der Waals surface area contributed by atoms with Crippen LogP contribution in [-0.2, 0) is 4.79 Å². The van der Waals surface area contributed by atoms with Crippen LogP contribution in [0.25, 0.3) is 0 Å². The van der Waals surface area contributed by atoms with E-state index >= 15 is 0 Å². The quantitative estimate of drug-likeness (QED) is 0.827. The van der Waals surface area contributed by atoms with E-state index in [9.17, 15) is 18.0 Å². The zero-order valence-corrected chi connectivity index (χ0v) is 10.2. The fourth-order valence-corrected chi connectivity index (χ4v) is 2.21. The van der Waals surface area contributed by atoms with E-state index in [4.69, 9.17) is 0 Å². The van der Waals surface area contributed by atoms with Gasteiger partial charge in [0, 0.05) is 12.6 Å². The zero-order chi connectivity index (χ0) is 13.1. The minimum absolute atomic E-state index is 0.176. The van der Waals surface area contributed by atoms with E-state index in [1.807, 2.05) is 13.8 Å². The molecule has 1 aliphatic rings. The maximum Gasteiger partial charge on any atom is 0.401 e. The molecule has 0 aromatic heterocycles. The lowest BCUT2D eigenvalue weighted by Gasteiger charge is -2.27. The number of hydrogen-bond acceptors (Lipinski definition) is 2. The fraction of sp³-hybridized carbons (Fsp3) is 0.909. The number of carbonyl (C=O) groups excluding carboxylic acids is 1. The third-order valence-electron chi connectivity index (χ3n) is 2.99. The monoisotopic (exact) mass is 252 g/mol. The number of nitrogens with zero attached hydrogens (tertiary/aromatic N) is 1. The van der Waals surface area contributed by atoms with Crippen molar-refractivity contribution in [3.63, 3.8) is 0 Å². The summed E-state index contributed by atoms with van der Waals surface area (Å²) in [5, 5.41) is 2.15.